The molecule has 0 aliphatic carbocycles. The number of hydrogen-bond donors (Lipinski definition) is 2. The predicted octanol–water partition coefficient (Wildman–Crippen LogP) is 1.76. The number of fused-ring (bicyclic) bond motifs is 1. The molecule has 86 valence electrons. The van der Waals surface area contributed by atoms with E-state index in [1.54, 1.807) is 6.07 Å². The first-order valence-electron chi connectivity index (χ1n) is 4.76. The number of benzene rings is 1. The van der Waals surface area contributed by atoms with Gasteiger partial charge in [0.05, 0.1) is 0 Å². The maximum absolute atomic E-state index is 11.1. The first-order valence-corrected chi connectivity index (χ1v) is 5.95. The SMILES string of the molecule is N#C/C(C(N)=O)=C1/Cc2cc(Cl)ccc2SN1. The van der Waals surface area contributed by atoms with Crippen LogP contribution in [0, 0.1) is 11.3 Å². The number of carbonyl (C=O) groups excluding carboxylic acids is 1. The summed E-state index contributed by atoms with van der Waals surface area (Å²) in [6.07, 6.45) is 0.453. The molecule has 1 aromatic carbocycles. The molecule has 0 atom stereocenters. The number of rotatable bonds is 1. The third-order valence-corrected chi connectivity index (χ3v) is 3.54. The average Bonchev–Trinajstić information content (AvgIpc) is 2.29. The van der Waals surface area contributed by atoms with Gasteiger partial charge in [-0.1, -0.05) is 11.6 Å². The number of nitrogens with zero attached hydrogens (tertiary/aromatic N) is 1. The van der Waals surface area contributed by atoms with E-state index in [2.05, 4.69) is 4.72 Å². The number of nitriles is 1. The summed E-state index contributed by atoms with van der Waals surface area (Å²) in [4.78, 5) is 12.1. The number of carbonyl (C=O) groups is 1. The Kier molecular flexibility index (Phi) is 3.27. The molecule has 0 spiro atoms. The first kappa shape index (κ1) is 11.8. The van der Waals surface area contributed by atoms with Gasteiger partial charge in [-0.2, -0.15) is 5.26 Å². The van der Waals surface area contributed by atoms with Crippen LogP contribution in [0.2, 0.25) is 5.02 Å². The molecule has 0 unspecified atom stereocenters. The summed E-state index contributed by atoms with van der Waals surface area (Å²) in [5, 5.41) is 9.50. The van der Waals surface area contributed by atoms with Gasteiger partial charge in [0.1, 0.15) is 11.6 Å². The molecule has 1 aliphatic heterocycles. The fourth-order valence-electron chi connectivity index (χ4n) is 1.54. The number of halogens is 1. The first-order chi connectivity index (χ1) is 8.11. The summed E-state index contributed by atoms with van der Waals surface area (Å²) < 4.78 is 2.96. The van der Waals surface area contributed by atoms with Gasteiger partial charge in [-0.3, -0.25) is 4.79 Å². The van der Waals surface area contributed by atoms with Crippen LogP contribution < -0.4 is 10.5 Å². The Morgan fingerprint density at radius 3 is 3.00 bits per heavy atom. The lowest BCUT2D eigenvalue weighted by Crippen LogP contribution is -2.22. The van der Waals surface area contributed by atoms with Gasteiger partial charge < -0.3 is 10.5 Å². The molecule has 0 fully saturated rings. The quantitative estimate of drug-likeness (QED) is 0.461. The molecule has 1 amide bonds. The highest BCUT2D eigenvalue weighted by molar-refractivity contribution is 7.97. The second-order valence-corrected chi connectivity index (χ2v) is 4.75. The van der Waals surface area contributed by atoms with Crippen LogP contribution in [-0.2, 0) is 11.2 Å². The molecule has 1 aliphatic rings. The van der Waals surface area contributed by atoms with Crippen molar-refractivity contribution in [2.24, 2.45) is 5.73 Å². The standard InChI is InChI=1S/C11H8ClN3OS/c12-7-1-2-10-6(3-7)4-9(15-17-10)8(5-13)11(14)16/h1-3,15H,4H2,(H2,14,16)/b9-8+. The molecular formula is C11H8ClN3OS. The fraction of sp³-hybridized carbons (Fsp3) is 0.0909. The van der Waals surface area contributed by atoms with E-state index in [0.717, 1.165) is 10.5 Å². The Balaban J connectivity index is 2.42. The molecular weight excluding hydrogens is 258 g/mol. The zero-order valence-corrected chi connectivity index (χ0v) is 10.2. The van der Waals surface area contributed by atoms with Crippen molar-refractivity contribution in [1.29, 1.82) is 5.26 Å². The molecule has 3 N–H and O–H groups in total. The Labute approximate surface area is 108 Å². The van der Waals surface area contributed by atoms with E-state index >= 15 is 0 Å². The van der Waals surface area contributed by atoms with Gasteiger partial charge in [-0.15, -0.1) is 0 Å². The van der Waals surface area contributed by atoms with Crippen molar-refractivity contribution in [2.75, 3.05) is 0 Å². The lowest BCUT2D eigenvalue weighted by molar-refractivity contribution is -0.114. The number of allylic oxidation sites excluding steroid dienone is 1. The van der Waals surface area contributed by atoms with Crippen LogP contribution in [0.15, 0.2) is 34.4 Å². The lowest BCUT2D eigenvalue weighted by atomic mass is 10.1. The van der Waals surface area contributed by atoms with Crippen molar-refractivity contribution in [3.8, 4) is 6.07 Å². The van der Waals surface area contributed by atoms with Crippen LogP contribution in [0.1, 0.15) is 5.56 Å². The molecule has 1 aromatic rings. The van der Waals surface area contributed by atoms with Gasteiger partial charge in [0, 0.05) is 22.0 Å². The van der Waals surface area contributed by atoms with Crippen LogP contribution in [0.25, 0.3) is 0 Å². The topological polar surface area (TPSA) is 78.9 Å². The van der Waals surface area contributed by atoms with E-state index in [1.807, 2.05) is 18.2 Å². The highest BCUT2D eigenvalue weighted by Crippen LogP contribution is 2.31. The predicted molar refractivity (Wildman–Crippen MR) is 66.0 cm³/mol. The van der Waals surface area contributed by atoms with Crippen molar-refractivity contribution in [3.63, 3.8) is 0 Å². The molecule has 2 rings (SSSR count). The summed E-state index contributed by atoms with van der Waals surface area (Å²) in [7, 11) is 0. The second kappa shape index (κ2) is 4.70. The monoisotopic (exact) mass is 265 g/mol. The normalized spacial score (nSPS) is 16.5. The fourth-order valence-corrected chi connectivity index (χ4v) is 2.54. The van der Waals surface area contributed by atoms with E-state index in [9.17, 15) is 4.79 Å². The molecule has 0 aromatic heterocycles. The Morgan fingerprint density at radius 2 is 2.35 bits per heavy atom. The maximum Gasteiger partial charge on any atom is 0.261 e. The highest BCUT2D eigenvalue weighted by atomic mass is 35.5. The number of nitrogens with one attached hydrogen (secondary N) is 1. The summed E-state index contributed by atoms with van der Waals surface area (Å²) in [5.74, 6) is -0.721. The van der Waals surface area contributed by atoms with Crippen LogP contribution >= 0.6 is 23.5 Å². The molecule has 0 radical (unpaired) electrons. The van der Waals surface area contributed by atoms with Crippen molar-refractivity contribution in [2.45, 2.75) is 11.3 Å². The average molecular weight is 266 g/mol. The van der Waals surface area contributed by atoms with E-state index < -0.39 is 5.91 Å². The Morgan fingerprint density at radius 1 is 1.59 bits per heavy atom. The maximum atomic E-state index is 11.1. The Bertz CT molecular complexity index is 562. The lowest BCUT2D eigenvalue weighted by Gasteiger charge is -2.20. The molecule has 0 saturated heterocycles. The van der Waals surface area contributed by atoms with Crippen LogP contribution in [0.3, 0.4) is 0 Å². The van der Waals surface area contributed by atoms with E-state index in [4.69, 9.17) is 22.6 Å². The molecule has 1 heterocycles. The van der Waals surface area contributed by atoms with Crippen LogP contribution in [0.4, 0.5) is 0 Å². The third-order valence-electron chi connectivity index (χ3n) is 2.33. The van der Waals surface area contributed by atoms with Crippen molar-refractivity contribution in [1.82, 2.24) is 4.72 Å². The van der Waals surface area contributed by atoms with Gasteiger partial charge in [0.2, 0.25) is 0 Å². The third kappa shape index (κ3) is 2.38. The zero-order chi connectivity index (χ0) is 12.4. The Hall–Kier alpha value is -1.64. The largest absolute Gasteiger partial charge is 0.365 e. The van der Waals surface area contributed by atoms with E-state index in [0.29, 0.717) is 17.1 Å². The van der Waals surface area contributed by atoms with Gasteiger partial charge in [-0.25, -0.2) is 0 Å². The van der Waals surface area contributed by atoms with E-state index in [1.165, 1.54) is 11.9 Å². The minimum Gasteiger partial charge on any atom is -0.365 e. The molecule has 17 heavy (non-hydrogen) atoms. The zero-order valence-electron chi connectivity index (χ0n) is 8.66. The van der Waals surface area contributed by atoms with E-state index in [-0.39, 0.29) is 5.57 Å². The summed E-state index contributed by atoms with van der Waals surface area (Å²) in [6, 6.07) is 7.32. The molecule has 0 saturated carbocycles. The summed E-state index contributed by atoms with van der Waals surface area (Å²) >= 11 is 7.24. The summed E-state index contributed by atoms with van der Waals surface area (Å²) in [6.45, 7) is 0. The van der Waals surface area contributed by atoms with Gasteiger partial charge in [-0.05, 0) is 35.7 Å². The van der Waals surface area contributed by atoms with Gasteiger partial charge in [0.15, 0.2) is 0 Å². The van der Waals surface area contributed by atoms with Crippen LogP contribution in [-0.4, -0.2) is 5.91 Å². The second-order valence-electron chi connectivity index (χ2n) is 3.46. The number of primary amides is 1. The number of hydrogen-bond acceptors (Lipinski definition) is 4. The van der Waals surface area contributed by atoms with Crippen LogP contribution in [0.5, 0.6) is 0 Å². The van der Waals surface area contributed by atoms with Crippen molar-refractivity contribution in [3.05, 3.63) is 40.1 Å². The molecule has 4 nitrogen and oxygen atoms in total. The number of nitrogens with two attached hydrogens (primary N) is 1. The smallest absolute Gasteiger partial charge is 0.261 e. The minimum atomic E-state index is -0.721. The van der Waals surface area contributed by atoms with Crippen molar-refractivity contribution < 1.29 is 4.79 Å². The summed E-state index contributed by atoms with van der Waals surface area (Å²) in [5.41, 5.74) is 6.60. The minimum absolute atomic E-state index is 0.0388. The highest BCUT2D eigenvalue weighted by Gasteiger charge is 2.19. The van der Waals surface area contributed by atoms with Gasteiger partial charge >= 0.3 is 0 Å². The van der Waals surface area contributed by atoms with Gasteiger partial charge in [0.25, 0.3) is 5.91 Å². The molecule has 0 bridgehead atoms. The molecule has 6 heteroatoms. The number of amides is 1. The van der Waals surface area contributed by atoms with Crippen molar-refractivity contribution >= 4 is 29.5 Å².